The largest absolute Gasteiger partial charge is 0.507 e. The number of ether oxygens (including phenoxy) is 2. The number of aliphatic hydroxyl groups excluding tert-OH is 4. The van der Waals surface area contributed by atoms with Crippen LogP contribution in [-0.2, 0) is 4.74 Å². The predicted octanol–water partition coefficient (Wildman–Crippen LogP) is -1.82. The minimum absolute atomic E-state index is 0.521. The van der Waals surface area contributed by atoms with Crippen molar-refractivity contribution in [2.75, 3.05) is 6.61 Å². The van der Waals surface area contributed by atoms with Crippen LogP contribution in [0.1, 0.15) is 17.3 Å². The summed E-state index contributed by atoms with van der Waals surface area (Å²) in [6.07, 6.45) is -8.06. The molecular formula is C14H18O10. The molecule has 0 spiro atoms. The molecule has 1 aliphatic rings. The molecule has 0 aromatic heterocycles. The third-order valence-corrected chi connectivity index (χ3v) is 3.65. The quantitative estimate of drug-likeness (QED) is 0.307. The lowest BCUT2D eigenvalue weighted by molar-refractivity contribution is -0.277. The number of aromatic hydroxyl groups is 3. The maximum Gasteiger partial charge on any atom is 0.229 e. The van der Waals surface area contributed by atoms with Gasteiger partial charge >= 0.3 is 0 Å². The van der Waals surface area contributed by atoms with Crippen LogP contribution in [0.2, 0.25) is 0 Å². The molecule has 0 amide bonds. The molecule has 1 fully saturated rings. The van der Waals surface area contributed by atoms with E-state index >= 15 is 0 Å². The molecule has 2 rings (SSSR count). The Morgan fingerprint density at radius 3 is 2.29 bits per heavy atom. The lowest BCUT2D eigenvalue weighted by Crippen LogP contribution is -2.60. The highest BCUT2D eigenvalue weighted by Gasteiger charge is 2.45. The average molecular weight is 346 g/mol. The van der Waals surface area contributed by atoms with E-state index in [0.717, 1.165) is 13.0 Å². The first-order valence-corrected chi connectivity index (χ1v) is 6.95. The van der Waals surface area contributed by atoms with Crippen molar-refractivity contribution in [2.24, 2.45) is 0 Å². The van der Waals surface area contributed by atoms with Crippen LogP contribution in [0.3, 0.4) is 0 Å². The second kappa shape index (κ2) is 6.79. The third kappa shape index (κ3) is 3.09. The van der Waals surface area contributed by atoms with Crippen molar-refractivity contribution in [3.8, 4) is 23.0 Å². The van der Waals surface area contributed by atoms with Crippen LogP contribution >= 0.6 is 0 Å². The van der Waals surface area contributed by atoms with Gasteiger partial charge in [0, 0.05) is 6.07 Å². The maximum absolute atomic E-state index is 11.5. The molecule has 0 bridgehead atoms. The van der Waals surface area contributed by atoms with Crippen LogP contribution in [0, 0.1) is 0 Å². The van der Waals surface area contributed by atoms with Crippen molar-refractivity contribution in [3.05, 3.63) is 11.6 Å². The van der Waals surface area contributed by atoms with Gasteiger partial charge in [-0.15, -0.1) is 0 Å². The second-order valence-electron chi connectivity index (χ2n) is 5.34. The van der Waals surface area contributed by atoms with Crippen LogP contribution in [0.25, 0.3) is 0 Å². The lowest BCUT2D eigenvalue weighted by atomic mass is 9.99. The number of hydrogen-bond acceptors (Lipinski definition) is 10. The van der Waals surface area contributed by atoms with Gasteiger partial charge in [0.25, 0.3) is 0 Å². The van der Waals surface area contributed by atoms with E-state index in [9.17, 15) is 35.4 Å². The summed E-state index contributed by atoms with van der Waals surface area (Å²) < 4.78 is 10.2. The zero-order chi connectivity index (χ0) is 18.2. The number of ketones is 1. The van der Waals surface area contributed by atoms with Crippen molar-refractivity contribution in [1.29, 1.82) is 0 Å². The minimum atomic E-state index is -1.78. The Kier molecular flexibility index (Phi) is 5.16. The summed E-state index contributed by atoms with van der Waals surface area (Å²) in [5.74, 6) is -3.73. The summed E-state index contributed by atoms with van der Waals surface area (Å²) >= 11 is 0. The van der Waals surface area contributed by atoms with Crippen LogP contribution in [-0.4, -0.2) is 78.8 Å². The summed E-state index contributed by atoms with van der Waals surface area (Å²) in [7, 11) is 0. The van der Waals surface area contributed by atoms with E-state index in [-0.39, 0.29) is 0 Å². The normalized spacial score (nSPS) is 30.1. The van der Waals surface area contributed by atoms with Crippen LogP contribution in [0.15, 0.2) is 6.07 Å². The monoisotopic (exact) mass is 346 g/mol. The van der Waals surface area contributed by atoms with Gasteiger partial charge in [-0.25, -0.2) is 0 Å². The van der Waals surface area contributed by atoms with E-state index in [1.54, 1.807) is 0 Å². The first-order chi connectivity index (χ1) is 11.2. The molecular weight excluding hydrogens is 328 g/mol. The number of rotatable bonds is 4. The SMILES string of the molecule is CC(=O)c1c(O)cc(O)c(O[C@@H]2O[C@H](CO)[C@@H](O)[C@@H](O)[C@H]2O)c1O. The molecule has 1 heterocycles. The molecule has 1 aromatic rings. The molecule has 1 saturated heterocycles. The van der Waals surface area contributed by atoms with Gasteiger partial charge in [-0.2, -0.15) is 0 Å². The zero-order valence-electron chi connectivity index (χ0n) is 12.5. The van der Waals surface area contributed by atoms with Gasteiger partial charge in [-0.05, 0) is 6.92 Å². The number of phenols is 3. The molecule has 0 radical (unpaired) electrons. The Bertz CT molecular complexity index is 628. The Morgan fingerprint density at radius 1 is 1.12 bits per heavy atom. The van der Waals surface area contributed by atoms with Crippen molar-refractivity contribution in [2.45, 2.75) is 37.6 Å². The van der Waals surface area contributed by atoms with Gasteiger partial charge < -0.3 is 45.2 Å². The zero-order valence-corrected chi connectivity index (χ0v) is 12.5. The highest BCUT2D eigenvalue weighted by atomic mass is 16.7. The van der Waals surface area contributed by atoms with Crippen LogP contribution < -0.4 is 4.74 Å². The highest BCUT2D eigenvalue weighted by Crippen LogP contribution is 2.44. The Hall–Kier alpha value is -2.11. The summed E-state index contributed by atoms with van der Waals surface area (Å²) in [4.78, 5) is 11.5. The predicted molar refractivity (Wildman–Crippen MR) is 75.8 cm³/mol. The van der Waals surface area contributed by atoms with E-state index in [4.69, 9.17) is 14.6 Å². The lowest BCUT2D eigenvalue weighted by Gasteiger charge is -2.39. The Balaban J connectivity index is 2.37. The fraction of sp³-hybridized carbons (Fsp3) is 0.500. The van der Waals surface area contributed by atoms with Gasteiger partial charge in [0.15, 0.2) is 17.3 Å². The number of hydrogen-bond donors (Lipinski definition) is 7. The molecule has 1 aromatic carbocycles. The first-order valence-electron chi connectivity index (χ1n) is 6.95. The van der Waals surface area contributed by atoms with E-state index in [2.05, 4.69) is 0 Å². The van der Waals surface area contributed by atoms with Gasteiger partial charge in [-0.3, -0.25) is 4.79 Å². The van der Waals surface area contributed by atoms with E-state index in [1.165, 1.54) is 0 Å². The molecule has 0 unspecified atom stereocenters. The second-order valence-corrected chi connectivity index (χ2v) is 5.34. The van der Waals surface area contributed by atoms with Gasteiger partial charge in [0.1, 0.15) is 35.7 Å². The molecule has 1 aliphatic heterocycles. The summed E-state index contributed by atoms with van der Waals surface area (Å²) in [5, 5.41) is 67.7. The number of Topliss-reactive ketones (excluding diaryl/α,β-unsaturated/α-hetero) is 1. The maximum atomic E-state index is 11.5. The van der Waals surface area contributed by atoms with Gasteiger partial charge in [0.05, 0.1) is 6.61 Å². The van der Waals surface area contributed by atoms with Gasteiger partial charge in [-0.1, -0.05) is 0 Å². The molecule has 134 valence electrons. The molecule has 0 saturated carbocycles. The fourth-order valence-electron chi connectivity index (χ4n) is 2.37. The molecule has 0 aliphatic carbocycles. The van der Waals surface area contributed by atoms with Gasteiger partial charge in [0.2, 0.25) is 12.0 Å². The van der Waals surface area contributed by atoms with E-state index in [0.29, 0.717) is 0 Å². The molecule has 5 atom stereocenters. The molecule has 10 heteroatoms. The first kappa shape index (κ1) is 18.2. The third-order valence-electron chi connectivity index (χ3n) is 3.65. The fourth-order valence-corrected chi connectivity index (χ4v) is 2.37. The smallest absolute Gasteiger partial charge is 0.229 e. The number of carbonyl (C=O) groups excluding carboxylic acids is 1. The van der Waals surface area contributed by atoms with E-state index < -0.39 is 71.7 Å². The Labute approximate surface area is 135 Å². The number of carbonyl (C=O) groups is 1. The molecule has 7 N–H and O–H groups in total. The van der Waals surface area contributed by atoms with Crippen molar-refractivity contribution in [3.63, 3.8) is 0 Å². The van der Waals surface area contributed by atoms with Crippen LogP contribution in [0.5, 0.6) is 23.0 Å². The molecule has 24 heavy (non-hydrogen) atoms. The number of phenolic OH excluding ortho intramolecular Hbond substituents is 3. The van der Waals surface area contributed by atoms with Crippen molar-refractivity contribution < 1.29 is 50.0 Å². The topological polar surface area (TPSA) is 177 Å². The number of benzene rings is 1. The highest BCUT2D eigenvalue weighted by molar-refractivity contribution is 6.00. The average Bonchev–Trinajstić information content (AvgIpc) is 2.50. The number of aliphatic hydroxyl groups is 4. The van der Waals surface area contributed by atoms with E-state index in [1.807, 2.05) is 0 Å². The van der Waals surface area contributed by atoms with Crippen molar-refractivity contribution >= 4 is 5.78 Å². The molecule has 10 nitrogen and oxygen atoms in total. The summed E-state index contributed by atoms with van der Waals surface area (Å²) in [6, 6.07) is 0.746. The standard InChI is InChI=1S/C14H18O10/c1-4(16)8-5(17)2-6(18)13(10(8)20)24-14-12(22)11(21)9(19)7(3-15)23-14/h2,7,9,11-12,14-15,17-22H,3H2,1H3/t7-,9-,11-,12-,14+/m1/s1. The Morgan fingerprint density at radius 2 is 1.75 bits per heavy atom. The van der Waals surface area contributed by atoms with Crippen molar-refractivity contribution in [1.82, 2.24) is 0 Å². The summed E-state index contributed by atoms with van der Waals surface area (Å²) in [6.45, 7) is 0.362. The minimum Gasteiger partial charge on any atom is -0.507 e. The van der Waals surface area contributed by atoms with Crippen LogP contribution in [0.4, 0.5) is 0 Å². The summed E-state index contributed by atoms with van der Waals surface area (Å²) in [5.41, 5.74) is -0.521.